The van der Waals surface area contributed by atoms with Gasteiger partial charge >= 0.3 is 0 Å². The molecular weight excluding hydrogens is 292 g/mol. The smallest absolute Gasteiger partial charge is 0.227 e. The molecule has 2 aliphatic heterocycles. The van der Waals surface area contributed by atoms with Crippen molar-refractivity contribution in [2.75, 3.05) is 31.6 Å². The van der Waals surface area contributed by atoms with Crippen LogP contribution in [0.3, 0.4) is 0 Å². The largest absolute Gasteiger partial charge is 0.490 e. The minimum atomic E-state index is 0.120. The van der Waals surface area contributed by atoms with Crippen LogP contribution in [-0.2, 0) is 9.53 Å². The predicted molar refractivity (Wildman–Crippen MR) is 89.9 cm³/mol. The van der Waals surface area contributed by atoms with Gasteiger partial charge < -0.3 is 20.1 Å². The van der Waals surface area contributed by atoms with Gasteiger partial charge in [-0.25, -0.2) is 0 Å². The molecule has 1 amide bonds. The topological polar surface area (TPSA) is 59.6 Å². The highest BCUT2D eigenvalue weighted by Crippen LogP contribution is 2.26. The fourth-order valence-electron chi connectivity index (χ4n) is 3.16. The Morgan fingerprint density at radius 2 is 1.96 bits per heavy atom. The molecule has 3 rings (SSSR count). The van der Waals surface area contributed by atoms with E-state index in [0.717, 1.165) is 69.0 Å². The zero-order valence-electron chi connectivity index (χ0n) is 13.8. The molecule has 2 fully saturated rings. The van der Waals surface area contributed by atoms with Crippen molar-refractivity contribution in [3.8, 4) is 5.75 Å². The number of carbonyl (C=O) groups excluding carboxylic acids is 1. The Bertz CT molecular complexity index is 535. The van der Waals surface area contributed by atoms with E-state index >= 15 is 0 Å². The van der Waals surface area contributed by atoms with Gasteiger partial charge in [-0.15, -0.1) is 0 Å². The number of hydrogen-bond acceptors (Lipinski definition) is 4. The molecule has 23 heavy (non-hydrogen) atoms. The quantitative estimate of drug-likeness (QED) is 0.895. The summed E-state index contributed by atoms with van der Waals surface area (Å²) < 4.78 is 11.4. The average molecular weight is 318 g/mol. The Morgan fingerprint density at radius 1 is 1.22 bits per heavy atom. The van der Waals surface area contributed by atoms with Crippen LogP contribution in [0, 0.1) is 12.8 Å². The molecule has 0 saturated carbocycles. The molecule has 5 nitrogen and oxygen atoms in total. The van der Waals surface area contributed by atoms with Crippen LogP contribution in [0.1, 0.15) is 31.2 Å². The van der Waals surface area contributed by atoms with Gasteiger partial charge in [-0.2, -0.15) is 0 Å². The first-order valence-corrected chi connectivity index (χ1v) is 8.59. The van der Waals surface area contributed by atoms with E-state index in [9.17, 15) is 4.79 Å². The maximum absolute atomic E-state index is 12.3. The third-order valence-corrected chi connectivity index (χ3v) is 4.61. The van der Waals surface area contributed by atoms with Gasteiger partial charge in [0.1, 0.15) is 11.9 Å². The van der Waals surface area contributed by atoms with Gasteiger partial charge in [-0.1, -0.05) is 0 Å². The maximum Gasteiger partial charge on any atom is 0.227 e. The lowest BCUT2D eigenvalue weighted by atomic mass is 9.97. The summed E-state index contributed by atoms with van der Waals surface area (Å²) in [6.07, 6.45) is 3.94. The second-order valence-electron chi connectivity index (χ2n) is 6.42. The molecule has 1 aromatic carbocycles. The number of aryl methyl sites for hydroxylation is 1. The van der Waals surface area contributed by atoms with Gasteiger partial charge in [-0.3, -0.25) is 4.79 Å². The van der Waals surface area contributed by atoms with Crippen molar-refractivity contribution in [1.82, 2.24) is 5.32 Å². The molecule has 0 atom stereocenters. The fraction of sp³-hybridized carbons (Fsp3) is 0.611. The van der Waals surface area contributed by atoms with Crippen LogP contribution in [0.15, 0.2) is 18.2 Å². The molecule has 2 N–H and O–H groups in total. The SMILES string of the molecule is Cc1cc(NC(=O)C2CCNCC2)ccc1OC1CCOCC1. The first kappa shape index (κ1) is 16.3. The summed E-state index contributed by atoms with van der Waals surface area (Å²) in [5, 5.41) is 6.32. The summed E-state index contributed by atoms with van der Waals surface area (Å²) >= 11 is 0. The van der Waals surface area contributed by atoms with E-state index in [2.05, 4.69) is 10.6 Å². The molecule has 0 radical (unpaired) electrons. The number of ether oxygens (including phenoxy) is 2. The van der Waals surface area contributed by atoms with E-state index < -0.39 is 0 Å². The van der Waals surface area contributed by atoms with Crippen molar-refractivity contribution < 1.29 is 14.3 Å². The van der Waals surface area contributed by atoms with Crippen LogP contribution in [0.25, 0.3) is 0 Å². The predicted octanol–water partition coefficient (Wildman–Crippen LogP) is 2.49. The summed E-state index contributed by atoms with van der Waals surface area (Å²) in [7, 11) is 0. The number of rotatable bonds is 4. The van der Waals surface area contributed by atoms with Gasteiger partial charge in [0.2, 0.25) is 5.91 Å². The van der Waals surface area contributed by atoms with Gasteiger partial charge in [0.05, 0.1) is 13.2 Å². The van der Waals surface area contributed by atoms with E-state index in [1.807, 2.05) is 25.1 Å². The van der Waals surface area contributed by atoms with Crippen molar-refractivity contribution in [2.24, 2.45) is 5.92 Å². The molecule has 0 aliphatic carbocycles. The fourth-order valence-corrected chi connectivity index (χ4v) is 3.16. The lowest BCUT2D eigenvalue weighted by molar-refractivity contribution is -0.120. The number of anilines is 1. The van der Waals surface area contributed by atoms with Crippen molar-refractivity contribution in [1.29, 1.82) is 0 Å². The Kier molecular flexibility index (Phi) is 5.51. The Balaban J connectivity index is 1.58. The molecule has 5 heteroatoms. The average Bonchev–Trinajstić information content (AvgIpc) is 2.59. The van der Waals surface area contributed by atoms with Crippen LogP contribution in [0.5, 0.6) is 5.75 Å². The van der Waals surface area contributed by atoms with Crippen molar-refractivity contribution >= 4 is 11.6 Å². The number of amides is 1. The highest BCUT2D eigenvalue weighted by Gasteiger charge is 2.21. The Hall–Kier alpha value is -1.59. The molecule has 0 unspecified atom stereocenters. The Morgan fingerprint density at radius 3 is 2.65 bits per heavy atom. The van der Waals surface area contributed by atoms with E-state index in [1.165, 1.54) is 0 Å². The first-order valence-electron chi connectivity index (χ1n) is 8.59. The normalized spacial score (nSPS) is 20.2. The number of carbonyl (C=O) groups is 1. The van der Waals surface area contributed by atoms with Crippen LogP contribution < -0.4 is 15.4 Å². The molecule has 126 valence electrons. The van der Waals surface area contributed by atoms with Crippen molar-refractivity contribution in [3.63, 3.8) is 0 Å². The molecule has 1 aromatic rings. The zero-order valence-corrected chi connectivity index (χ0v) is 13.8. The summed E-state index contributed by atoms with van der Waals surface area (Å²) in [6, 6.07) is 5.89. The molecular formula is C18H26N2O3. The van der Waals surface area contributed by atoms with Crippen LogP contribution in [-0.4, -0.2) is 38.3 Å². The first-order chi connectivity index (χ1) is 11.2. The lowest BCUT2D eigenvalue weighted by Crippen LogP contribution is -2.34. The number of benzene rings is 1. The molecule has 2 heterocycles. The van der Waals surface area contributed by atoms with E-state index in [4.69, 9.17) is 9.47 Å². The number of nitrogens with one attached hydrogen (secondary N) is 2. The van der Waals surface area contributed by atoms with Crippen molar-refractivity contribution in [3.05, 3.63) is 23.8 Å². The summed E-state index contributed by atoms with van der Waals surface area (Å²) in [5.74, 6) is 1.15. The van der Waals surface area contributed by atoms with Gasteiger partial charge in [0, 0.05) is 24.4 Å². The van der Waals surface area contributed by atoms with Crippen LogP contribution in [0.2, 0.25) is 0 Å². The third kappa shape index (κ3) is 4.45. The van der Waals surface area contributed by atoms with Crippen LogP contribution >= 0.6 is 0 Å². The second-order valence-corrected chi connectivity index (χ2v) is 6.42. The van der Waals surface area contributed by atoms with E-state index in [1.54, 1.807) is 0 Å². The third-order valence-electron chi connectivity index (χ3n) is 4.61. The minimum absolute atomic E-state index is 0.120. The number of hydrogen-bond donors (Lipinski definition) is 2. The highest BCUT2D eigenvalue weighted by molar-refractivity contribution is 5.92. The number of piperidine rings is 1. The minimum Gasteiger partial charge on any atom is -0.490 e. The maximum atomic E-state index is 12.3. The van der Waals surface area contributed by atoms with E-state index in [0.29, 0.717) is 0 Å². The molecule has 2 saturated heterocycles. The van der Waals surface area contributed by atoms with Crippen LogP contribution in [0.4, 0.5) is 5.69 Å². The lowest BCUT2D eigenvalue weighted by Gasteiger charge is -2.24. The summed E-state index contributed by atoms with van der Waals surface area (Å²) in [5.41, 5.74) is 1.91. The van der Waals surface area contributed by atoms with Crippen molar-refractivity contribution in [2.45, 2.75) is 38.7 Å². The molecule has 0 aromatic heterocycles. The standard InChI is InChI=1S/C18H26N2O3/c1-13-12-15(20-18(21)14-4-8-19-9-5-14)2-3-17(13)23-16-6-10-22-11-7-16/h2-3,12,14,16,19H,4-11H2,1H3,(H,20,21). The monoisotopic (exact) mass is 318 g/mol. The molecule has 0 spiro atoms. The second kappa shape index (κ2) is 7.79. The zero-order chi connectivity index (χ0) is 16.1. The van der Waals surface area contributed by atoms with E-state index in [-0.39, 0.29) is 17.9 Å². The molecule has 0 bridgehead atoms. The summed E-state index contributed by atoms with van der Waals surface area (Å²) in [4.78, 5) is 12.3. The Labute approximate surface area is 137 Å². The molecule has 2 aliphatic rings. The van der Waals surface area contributed by atoms with Gasteiger partial charge in [0.25, 0.3) is 0 Å². The summed E-state index contributed by atoms with van der Waals surface area (Å²) in [6.45, 7) is 5.42. The van der Waals surface area contributed by atoms with Gasteiger partial charge in [0.15, 0.2) is 0 Å². The van der Waals surface area contributed by atoms with Gasteiger partial charge in [-0.05, 0) is 56.6 Å². The highest BCUT2D eigenvalue weighted by atomic mass is 16.5.